The van der Waals surface area contributed by atoms with Crippen molar-refractivity contribution >= 4 is 23.2 Å². The van der Waals surface area contributed by atoms with E-state index in [4.69, 9.17) is 13.9 Å². The van der Waals surface area contributed by atoms with Crippen molar-refractivity contribution in [3.05, 3.63) is 64.7 Å². The maximum absolute atomic E-state index is 13.8. The molecule has 1 atom stereocenters. The summed E-state index contributed by atoms with van der Waals surface area (Å²) in [5.41, 5.74) is 0.659. The van der Waals surface area contributed by atoms with Gasteiger partial charge >= 0.3 is 0 Å². The SMILES string of the molecule is COc1ccc(-c2nnn(CC(=O)N(Cc3cccs3)[C@H](C(=O)NC3CCCCC3)c3ccco3)n2)cc1OC. The van der Waals surface area contributed by atoms with E-state index < -0.39 is 6.04 Å². The third-order valence-electron chi connectivity index (χ3n) is 6.92. The largest absolute Gasteiger partial charge is 0.493 e. The lowest BCUT2D eigenvalue weighted by Crippen LogP contribution is -2.47. The molecule has 4 aromatic rings. The van der Waals surface area contributed by atoms with E-state index in [1.807, 2.05) is 17.5 Å². The summed E-state index contributed by atoms with van der Waals surface area (Å²) < 4.78 is 16.4. The van der Waals surface area contributed by atoms with Crippen LogP contribution in [0.3, 0.4) is 0 Å². The van der Waals surface area contributed by atoms with Crippen LogP contribution >= 0.6 is 11.3 Å². The first-order chi connectivity index (χ1) is 19.6. The van der Waals surface area contributed by atoms with Gasteiger partial charge in [-0.25, -0.2) is 0 Å². The normalized spacial score (nSPS) is 14.4. The Hall–Kier alpha value is -4.19. The van der Waals surface area contributed by atoms with Crippen LogP contribution in [-0.4, -0.2) is 57.2 Å². The number of methoxy groups -OCH3 is 2. The molecular formula is C28H32N6O5S. The molecule has 0 spiro atoms. The van der Waals surface area contributed by atoms with Gasteiger partial charge in [-0.1, -0.05) is 25.3 Å². The van der Waals surface area contributed by atoms with Gasteiger partial charge in [-0.15, -0.1) is 21.5 Å². The second-order valence-electron chi connectivity index (χ2n) is 9.58. The predicted molar refractivity (Wildman–Crippen MR) is 148 cm³/mol. The minimum Gasteiger partial charge on any atom is -0.493 e. The van der Waals surface area contributed by atoms with E-state index in [-0.39, 0.29) is 30.9 Å². The maximum atomic E-state index is 13.8. The fraction of sp³-hybridized carbons (Fsp3) is 0.393. The van der Waals surface area contributed by atoms with Gasteiger partial charge in [-0.2, -0.15) is 4.80 Å². The van der Waals surface area contributed by atoms with Crippen LogP contribution in [0.4, 0.5) is 0 Å². The molecule has 1 N–H and O–H groups in total. The highest BCUT2D eigenvalue weighted by molar-refractivity contribution is 7.09. The summed E-state index contributed by atoms with van der Waals surface area (Å²) in [5.74, 6) is 1.23. The third-order valence-corrected chi connectivity index (χ3v) is 7.78. The predicted octanol–water partition coefficient (Wildman–Crippen LogP) is 4.23. The van der Waals surface area contributed by atoms with Crippen molar-refractivity contribution in [2.24, 2.45) is 0 Å². The van der Waals surface area contributed by atoms with Gasteiger partial charge in [0.05, 0.1) is 27.0 Å². The number of rotatable bonds is 11. The Balaban J connectivity index is 1.40. The Bertz CT molecular complexity index is 1400. The van der Waals surface area contributed by atoms with Crippen molar-refractivity contribution in [3.63, 3.8) is 0 Å². The van der Waals surface area contributed by atoms with E-state index in [1.165, 1.54) is 33.7 Å². The molecule has 3 heterocycles. The van der Waals surface area contributed by atoms with Crippen molar-refractivity contribution in [2.45, 2.75) is 57.3 Å². The minimum atomic E-state index is -0.944. The van der Waals surface area contributed by atoms with Gasteiger partial charge in [-0.3, -0.25) is 9.59 Å². The molecule has 1 saturated carbocycles. The van der Waals surface area contributed by atoms with Gasteiger partial charge in [0.2, 0.25) is 11.7 Å². The molecule has 5 rings (SSSR count). The van der Waals surface area contributed by atoms with Gasteiger partial charge in [0.15, 0.2) is 17.5 Å². The molecule has 3 aromatic heterocycles. The molecule has 12 heteroatoms. The molecule has 0 bridgehead atoms. The topological polar surface area (TPSA) is 125 Å². The standard InChI is InChI=1S/C28H32N6O5S/c1-37-22-13-12-19(16-24(22)38-2)27-30-32-34(31-27)18-25(35)33(17-21-10-7-15-40-21)26(23-11-6-14-39-23)28(36)29-20-8-4-3-5-9-20/h6-7,10-16,20,26H,3-5,8-9,17-18H2,1-2H3,(H,29,36)/t26-/m0/s1. The van der Waals surface area contributed by atoms with Gasteiger partial charge in [-0.05, 0) is 59.8 Å². The number of ether oxygens (including phenoxy) is 2. The van der Waals surface area contributed by atoms with Crippen LogP contribution in [0, 0.1) is 0 Å². The molecule has 0 aliphatic heterocycles. The second kappa shape index (κ2) is 12.8. The smallest absolute Gasteiger partial charge is 0.250 e. The minimum absolute atomic E-state index is 0.0819. The van der Waals surface area contributed by atoms with Crippen LogP contribution in [0.1, 0.15) is 48.8 Å². The zero-order chi connectivity index (χ0) is 27.9. The van der Waals surface area contributed by atoms with E-state index in [0.717, 1.165) is 30.6 Å². The number of carbonyl (C=O) groups excluding carboxylic acids is 2. The van der Waals surface area contributed by atoms with E-state index >= 15 is 0 Å². The van der Waals surface area contributed by atoms with Crippen LogP contribution in [0.25, 0.3) is 11.4 Å². The summed E-state index contributed by atoms with van der Waals surface area (Å²) in [7, 11) is 3.11. The number of thiophene rings is 1. The maximum Gasteiger partial charge on any atom is 0.250 e. The van der Waals surface area contributed by atoms with E-state index in [1.54, 1.807) is 44.6 Å². The molecule has 1 aliphatic rings. The van der Waals surface area contributed by atoms with Crippen LogP contribution in [-0.2, 0) is 22.7 Å². The van der Waals surface area contributed by atoms with E-state index in [0.29, 0.717) is 28.6 Å². The molecule has 2 amide bonds. The third kappa shape index (κ3) is 6.33. The Morgan fingerprint density at radius 3 is 2.65 bits per heavy atom. The first-order valence-electron chi connectivity index (χ1n) is 13.2. The summed E-state index contributed by atoms with van der Waals surface area (Å²) in [6, 6.07) is 11.7. The van der Waals surface area contributed by atoms with Gasteiger partial charge in [0.1, 0.15) is 12.3 Å². The van der Waals surface area contributed by atoms with Gasteiger partial charge in [0, 0.05) is 16.5 Å². The number of aromatic nitrogens is 4. The number of tetrazole rings is 1. The molecule has 1 fully saturated rings. The van der Waals surface area contributed by atoms with E-state index in [9.17, 15) is 9.59 Å². The Labute approximate surface area is 236 Å². The number of amides is 2. The van der Waals surface area contributed by atoms with Crippen molar-refractivity contribution in [1.82, 2.24) is 30.4 Å². The summed E-state index contributed by atoms with van der Waals surface area (Å²) >= 11 is 1.52. The average molecular weight is 565 g/mol. The average Bonchev–Trinajstić information content (AvgIpc) is 3.77. The van der Waals surface area contributed by atoms with Crippen LogP contribution in [0.2, 0.25) is 0 Å². The summed E-state index contributed by atoms with van der Waals surface area (Å²) in [6.07, 6.45) is 6.70. The lowest BCUT2D eigenvalue weighted by atomic mass is 9.95. The first-order valence-corrected chi connectivity index (χ1v) is 14.1. The zero-order valence-electron chi connectivity index (χ0n) is 22.5. The van der Waals surface area contributed by atoms with Crippen molar-refractivity contribution in [1.29, 1.82) is 0 Å². The number of nitrogens with one attached hydrogen (secondary N) is 1. The Morgan fingerprint density at radius 1 is 1.12 bits per heavy atom. The summed E-state index contributed by atoms with van der Waals surface area (Å²) in [4.78, 5) is 31.2. The molecule has 1 aromatic carbocycles. The van der Waals surface area contributed by atoms with Crippen molar-refractivity contribution < 1.29 is 23.5 Å². The molecule has 0 saturated heterocycles. The highest BCUT2D eigenvalue weighted by Gasteiger charge is 2.35. The fourth-order valence-electron chi connectivity index (χ4n) is 4.91. The number of nitrogens with zero attached hydrogens (tertiary/aromatic N) is 5. The van der Waals surface area contributed by atoms with Crippen molar-refractivity contribution in [3.8, 4) is 22.9 Å². The number of carbonyl (C=O) groups is 2. The van der Waals surface area contributed by atoms with Gasteiger partial charge < -0.3 is 24.1 Å². The summed E-state index contributed by atoms with van der Waals surface area (Å²) in [6.45, 7) is 0.0246. The lowest BCUT2D eigenvalue weighted by Gasteiger charge is -2.31. The Morgan fingerprint density at radius 2 is 1.95 bits per heavy atom. The quantitative estimate of drug-likeness (QED) is 0.287. The first kappa shape index (κ1) is 27.4. The monoisotopic (exact) mass is 564 g/mol. The summed E-state index contributed by atoms with van der Waals surface area (Å²) in [5, 5.41) is 17.8. The zero-order valence-corrected chi connectivity index (χ0v) is 23.3. The number of benzene rings is 1. The highest BCUT2D eigenvalue weighted by atomic mass is 32.1. The van der Waals surface area contributed by atoms with Crippen LogP contribution in [0.5, 0.6) is 11.5 Å². The molecule has 0 radical (unpaired) electrons. The number of hydrogen-bond donors (Lipinski definition) is 1. The molecule has 0 unspecified atom stereocenters. The molecule has 1 aliphatic carbocycles. The fourth-order valence-corrected chi connectivity index (χ4v) is 5.61. The molecule has 210 valence electrons. The van der Waals surface area contributed by atoms with Gasteiger partial charge in [0.25, 0.3) is 5.91 Å². The van der Waals surface area contributed by atoms with Crippen molar-refractivity contribution in [2.75, 3.05) is 14.2 Å². The second-order valence-corrected chi connectivity index (χ2v) is 10.6. The highest BCUT2D eigenvalue weighted by Crippen LogP contribution is 2.31. The molecule has 40 heavy (non-hydrogen) atoms. The van der Waals surface area contributed by atoms with E-state index in [2.05, 4.69) is 20.7 Å². The molecule has 11 nitrogen and oxygen atoms in total. The van der Waals surface area contributed by atoms with Crippen LogP contribution in [0.15, 0.2) is 58.5 Å². The Kier molecular flexibility index (Phi) is 8.74. The molecular weight excluding hydrogens is 532 g/mol. The number of hydrogen-bond acceptors (Lipinski definition) is 9. The number of furan rings is 1. The lowest BCUT2D eigenvalue weighted by molar-refractivity contribution is -0.143. The van der Waals surface area contributed by atoms with Crippen LogP contribution < -0.4 is 14.8 Å².